The lowest BCUT2D eigenvalue weighted by Crippen LogP contribution is -2.19. The molecule has 0 bridgehead atoms. The van der Waals surface area contributed by atoms with E-state index in [2.05, 4.69) is 5.10 Å². The largest absolute Gasteiger partial charge is 0.507 e. The predicted octanol–water partition coefficient (Wildman–Crippen LogP) is 3.19. The topological polar surface area (TPSA) is 52.9 Å². The van der Waals surface area contributed by atoms with Crippen molar-refractivity contribution >= 4 is 28.9 Å². The maximum absolute atomic E-state index is 12.1. The molecule has 0 radical (unpaired) electrons. The van der Waals surface area contributed by atoms with Crippen molar-refractivity contribution < 1.29 is 9.90 Å². The molecule has 20 heavy (non-hydrogen) atoms. The highest BCUT2D eigenvalue weighted by molar-refractivity contribution is 6.30. The van der Waals surface area contributed by atoms with Gasteiger partial charge in [0.15, 0.2) is 0 Å². The molecule has 0 fully saturated rings. The van der Waals surface area contributed by atoms with E-state index in [0.717, 1.165) is 0 Å². The summed E-state index contributed by atoms with van der Waals surface area (Å²) >= 11 is 5.83. The quantitative estimate of drug-likeness (QED) is 0.922. The van der Waals surface area contributed by atoms with E-state index in [4.69, 9.17) is 11.6 Å². The van der Waals surface area contributed by atoms with Gasteiger partial charge in [0, 0.05) is 10.6 Å². The highest BCUT2D eigenvalue weighted by atomic mass is 35.5. The van der Waals surface area contributed by atoms with Crippen LogP contribution in [0.15, 0.2) is 53.6 Å². The Morgan fingerprint density at radius 1 is 1.10 bits per heavy atom. The molecule has 1 aliphatic heterocycles. The van der Waals surface area contributed by atoms with Gasteiger partial charge in [-0.25, -0.2) is 5.01 Å². The van der Waals surface area contributed by atoms with Crippen LogP contribution in [0.3, 0.4) is 0 Å². The van der Waals surface area contributed by atoms with Gasteiger partial charge in [-0.2, -0.15) is 5.10 Å². The van der Waals surface area contributed by atoms with Gasteiger partial charge in [-0.1, -0.05) is 23.7 Å². The molecule has 0 unspecified atom stereocenters. The molecular weight excluding hydrogens is 276 g/mol. The molecule has 1 heterocycles. The minimum absolute atomic E-state index is 0.122. The van der Waals surface area contributed by atoms with Gasteiger partial charge in [0.25, 0.3) is 5.91 Å². The molecule has 1 amide bonds. The van der Waals surface area contributed by atoms with E-state index in [-0.39, 0.29) is 18.1 Å². The molecular formula is C15H11ClN2O2. The Bertz CT molecular complexity index is 695. The molecule has 100 valence electrons. The number of rotatable bonds is 2. The Kier molecular flexibility index (Phi) is 3.16. The highest BCUT2D eigenvalue weighted by Gasteiger charge is 2.27. The number of phenolic OH excluding ortho intramolecular Hbond substituents is 1. The normalized spacial score (nSPS) is 14.6. The number of hydrogen-bond acceptors (Lipinski definition) is 3. The maximum atomic E-state index is 12.1. The van der Waals surface area contributed by atoms with Crippen LogP contribution in [0.2, 0.25) is 5.02 Å². The highest BCUT2D eigenvalue weighted by Crippen LogP contribution is 2.27. The first-order valence-corrected chi connectivity index (χ1v) is 6.47. The summed E-state index contributed by atoms with van der Waals surface area (Å²) in [6.07, 6.45) is 0.167. The van der Waals surface area contributed by atoms with Gasteiger partial charge in [-0.05, 0) is 36.4 Å². The van der Waals surface area contributed by atoms with Crippen molar-refractivity contribution in [1.29, 1.82) is 0 Å². The summed E-state index contributed by atoms with van der Waals surface area (Å²) in [6, 6.07) is 13.7. The molecule has 0 spiro atoms. The van der Waals surface area contributed by atoms with Crippen molar-refractivity contribution in [2.45, 2.75) is 6.42 Å². The number of benzene rings is 2. The van der Waals surface area contributed by atoms with Crippen LogP contribution in [-0.4, -0.2) is 16.7 Å². The van der Waals surface area contributed by atoms with Crippen molar-refractivity contribution in [3.63, 3.8) is 0 Å². The van der Waals surface area contributed by atoms with Gasteiger partial charge < -0.3 is 5.11 Å². The van der Waals surface area contributed by atoms with Crippen LogP contribution in [0, 0.1) is 0 Å². The first-order chi connectivity index (χ1) is 9.65. The van der Waals surface area contributed by atoms with Gasteiger partial charge >= 0.3 is 0 Å². The van der Waals surface area contributed by atoms with E-state index in [1.807, 2.05) is 0 Å². The minimum Gasteiger partial charge on any atom is -0.507 e. The molecule has 3 rings (SSSR count). The smallest absolute Gasteiger partial charge is 0.253 e. The number of carbonyl (C=O) groups is 1. The van der Waals surface area contributed by atoms with Gasteiger partial charge in [0.05, 0.1) is 17.8 Å². The van der Waals surface area contributed by atoms with E-state index in [1.165, 1.54) is 5.01 Å². The van der Waals surface area contributed by atoms with E-state index >= 15 is 0 Å². The number of para-hydroxylation sites is 1. The number of nitrogens with zero attached hydrogens (tertiary/aromatic N) is 2. The van der Waals surface area contributed by atoms with Crippen molar-refractivity contribution in [1.82, 2.24) is 0 Å². The summed E-state index contributed by atoms with van der Waals surface area (Å²) in [5, 5.41) is 16.1. The fourth-order valence-electron chi connectivity index (χ4n) is 2.08. The van der Waals surface area contributed by atoms with Crippen molar-refractivity contribution in [2.75, 3.05) is 5.01 Å². The second kappa shape index (κ2) is 4.98. The van der Waals surface area contributed by atoms with Crippen LogP contribution in [-0.2, 0) is 4.79 Å². The Morgan fingerprint density at radius 3 is 2.50 bits per heavy atom. The van der Waals surface area contributed by atoms with Crippen molar-refractivity contribution in [3.05, 3.63) is 59.1 Å². The van der Waals surface area contributed by atoms with Crippen LogP contribution in [0.4, 0.5) is 5.69 Å². The average Bonchev–Trinajstić information content (AvgIpc) is 2.82. The van der Waals surface area contributed by atoms with Crippen LogP contribution in [0.25, 0.3) is 0 Å². The predicted molar refractivity (Wildman–Crippen MR) is 78.2 cm³/mol. The van der Waals surface area contributed by atoms with E-state index in [0.29, 0.717) is 22.0 Å². The summed E-state index contributed by atoms with van der Waals surface area (Å²) in [5.41, 5.74) is 1.80. The molecule has 2 aromatic rings. The van der Waals surface area contributed by atoms with Crippen LogP contribution in [0.1, 0.15) is 12.0 Å². The zero-order chi connectivity index (χ0) is 14.1. The fourth-order valence-corrected chi connectivity index (χ4v) is 2.21. The summed E-state index contributed by atoms with van der Waals surface area (Å²) in [6.45, 7) is 0. The van der Waals surface area contributed by atoms with E-state index in [9.17, 15) is 9.90 Å². The lowest BCUT2D eigenvalue weighted by molar-refractivity contribution is -0.116. The SMILES string of the molecule is O=C1CC(c2ccccc2O)=NN1c1ccc(Cl)cc1. The van der Waals surface area contributed by atoms with E-state index in [1.54, 1.807) is 48.5 Å². The number of amides is 1. The molecule has 0 aromatic heterocycles. The monoisotopic (exact) mass is 286 g/mol. The van der Waals surface area contributed by atoms with Crippen LogP contribution >= 0.6 is 11.6 Å². The summed E-state index contributed by atoms with van der Waals surface area (Å²) in [4.78, 5) is 12.1. The maximum Gasteiger partial charge on any atom is 0.253 e. The lowest BCUT2D eigenvalue weighted by Gasteiger charge is -2.11. The van der Waals surface area contributed by atoms with E-state index < -0.39 is 0 Å². The average molecular weight is 287 g/mol. The van der Waals surface area contributed by atoms with Gasteiger partial charge in [-0.15, -0.1) is 0 Å². The molecule has 0 saturated heterocycles. The number of hydrazone groups is 1. The third-order valence-corrected chi connectivity index (χ3v) is 3.31. The van der Waals surface area contributed by atoms with Gasteiger partial charge in [0.2, 0.25) is 0 Å². The number of phenols is 1. The second-order valence-electron chi connectivity index (χ2n) is 4.42. The molecule has 5 heteroatoms. The molecule has 1 aliphatic rings. The number of halogens is 1. The molecule has 4 nitrogen and oxygen atoms in total. The molecule has 0 aliphatic carbocycles. The van der Waals surface area contributed by atoms with Crippen LogP contribution in [0.5, 0.6) is 5.75 Å². The van der Waals surface area contributed by atoms with Crippen LogP contribution < -0.4 is 5.01 Å². The van der Waals surface area contributed by atoms with Gasteiger partial charge in [0.1, 0.15) is 5.75 Å². The first-order valence-electron chi connectivity index (χ1n) is 6.09. The fraction of sp³-hybridized carbons (Fsp3) is 0.0667. The first kappa shape index (κ1) is 12.7. The Labute approximate surface area is 120 Å². The molecule has 0 saturated carbocycles. The zero-order valence-electron chi connectivity index (χ0n) is 10.5. The summed E-state index contributed by atoms with van der Waals surface area (Å²) < 4.78 is 0. The van der Waals surface area contributed by atoms with Crippen molar-refractivity contribution in [2.24, 2.45) is 5.10 Å². The Hall–Kier alpha value is -2.33. The summed E-state index contributed by atoms with van der Waals surface area (Å²) in [5.74, 6) is -0.0115. The minimum atomic E-state index is -0.134. The Morgan fingerprint density at radius 2 is 1.80 bits per heavy atom. The number of carbonyl (C=O) groups excluding carboxylic acids is 1. The van der Waals surface area contributed by atoms with Crippen molar-refractivity contribution in [3.8, 4) is 5.75 Å². The third kappa shape index (κ3) is 2.26. The number of hydrogen-bond donors (Lipinski definition) is 1. The molecule has 1 N–H and O–H groups in total. The molecule has 2 aromatic carbocycles. The lowest BCUT2D eigenvalue weighted by atomic mass is 10.1. The Balaban J connectivity index is 1.97. The molecule has 0 atom stereocenters. The number of anilines is 1. The zero-order valence-corrected chi connectivity index (χ0v) is 11.2. The standard InChI is InChI=1S/C15H11ClN2O2/c16-10-5-7-11(8-6-10)18-15(20)9-13(17-18)12-3-1-2-4-14(12)19/h1-8,19H,9H2. The number of aromatic hydroxyl groups is 1. The third-order valence-electron chi connectivity index (χ3n) is 3.06. The van der Waals surface area contributed by atoms with Gasteiger partial charge in [-0.3, -0.25) is 4.79 Å². The second-order valence-corrected chi connectivity index (χ2v) is 4.86. The summed E-state index contributed by atoms with van der Waals surface area (Å²) in [7, 11) is 0.